The van der Waals surface area contributed by atoms with Crippen LogP contribution in [0.2, 0.25) is 0 Å². The summed E-state index contributed by atoms with van der Waals surface area (Å²) >= 11 is 0. The Morgan fingerprint density at radius 2 is 0.928 bits per heavy atom. The summed E-state index contributed by atoms with van der Waals surface area (Å²) in [6.07, 6.45) is 70.9. The van der Waals surface area contributed by atoms with Crippen LogP contribution in [0.25, 0.3) is 0 Å². The number of allylic oxidation sites excluding steroid dienone is 19. The lowest BCUT2D eigenvalue weighted by Gasteiger charge is -2.41. The lowest BCUT2D eigenvalue weighted by atomic mass is 9.99. The Morgan fingerprint density at radius 3 is 1.45 bits per heavy atom. The molecule has 8 unspecified atom stereocenters. The number of ether oxygens (including phenoxy) is 3. The number of aliphatic hydroxyl groups is 5. The van der Waals surface area contributed by atoms with Crippen molar-refractivity contribution in [1.82, 2.24) is 5.32 Å². The smallest absolute Gasteiger partial charge is 0.306 e. The second kappa shape index (κ2) is 58.4. The van der Waals surface area contributed by atoms with E-state index in [0.717, 1.165) is 116 Å². The fraction of sp³-hybridized carbons (Fsp3) is 0.694. The van der Waals surface area contributed by atoms with Gasteiger partial charge in [-0.25, -0.2) is 0 Å². The van der Waals surface area contributed by atoms with Crippen molar-refractivity contribution in [3.8, 4) is 0 Å². The normalized spacial score (nSPS) is 19.3. The molecule has 1 rings (SSSR count). The zero-order valence-corrected chi connectivity index (χ0v) is 52.5. The SMILES string of the molecule is CC/C=C\C/C=C\C/C=C\C/C=C\C/C=C\CCCCCCCCCCCCC(O)C(=O)NC(COC1OC(CO)C(O)C(O)C1OC(=O)CCCCCCC\C=C/C=C/C=C/C=C/CC)C(O)/C=C/CCCCCCCCCCCCC. The molecule has 0 radical (unpaired) electrons. The summed E-state index contributed by atoms with van der Waals surface area (Å²) in [6.45, 7) is 5.52. The fourth-order valence-corrected chi connectivity index (χ4v) is 9.75. The highest BCUT2D eigenvalue weighted by Crippen LogP contribution is 2.26. The van der Waals surface area contributed by atoms with Crippen LogP contribution in [0.15, 0.2) is 122 Å². The van der Waals surface area contributed by atoms with Crippen molar-refractivity contribution in [2.45, 2.75) is 307 Å². The molecule has 0 aromatic heterocycles. The minimum atomic E-state index is -1.63. The molecule has 11 nitrogen and oxygen atoms in total. The second-order valence-corrected chi connectivity index (χ2v) is 22.5. The monoisotopic (exact) mass is 1160 g/mol. The third-order valence-corrected chi connectivity index (χ3v) is 15.0. The predicted octanol–water partition coefficient (Wildman–Crippen LogP) is 16.6. The molecule has 83 heavy (non-hydrogen) atoms. The third kappa shape index (κ3) is 46.0. The van der Waals surface area contributed by atoms with Crippen LogP contribution in [0.5, 0.6) is 0 Å². The minimum Gasteiger partial charge on any atom is -0.454 e. The number of carbonyl (C=O) groups is 2. The molecule has 1 aliphatic heterocycles. The van der Waals surface area contributed by atoms with Crippen LogP contribution in [0.3, 0.4) is 0 Å². The van der Waals surface area contributed by atoms with E-state index in [1.807, 2.05) is 42.5 Å². The maximum Gasteiger partial charge on any atom is 0.306 e. The lowest BCUT2D eigenvalue weighted by Crippen LogP contribution is -2.61. The Hall–Kier alpha value is -3.94. The Bertz CT molecular complexity index is 1810. The maximum atomic E-state index is 13.5. The van der Waals surface area contributed by atoms with Crippen molar-refractivity contribution in [1.29, 1.82) is 0 Å². The summed E-state index contributed by atoms with van der Waals surface area (Å²) in [5, 5.41) is 57.1. The molecule has 0 spiro atoms. The summed E-state index contributed by atoms with van der Waals surface area (Å²) in [7, 11) is 0. The molecule has 6 N–H and O–H groups in total. The van der Waals surface area contributed by atoms with E-state index < -0.39 is 67.4 Å². The van der Waals surface area contributed by atoms with Crippen molar-refractivity contribution in [2.24, 2.45) is 0 Å². The van der Waals surface area contributed by atoms with Crippen LogP contribution >= 0.6 is 0 Å². The topological polar surface area (TPSA) is 175 Å². The summed E-state index contributed by atoms with van der Waals surface area (Å²) < 4.78 is 17.6. The number of nitrogens with one attached hydrogen (secondary N) is 1. The summed E-state index contributed by atoms with van der Waals surface area (Å²) in [4.78, 5) is 26.6. The number of hydrogen-bond acceptors (Lipinski definition) is 10. The number of esters is 1. The molecule has 474 valence electrons. The molecule has 1 aliphatic rings. The molecule has 8 atom stereocenters. The minimum absolute atomic E-state index is 0.0915. The van der Waals surface area contributed by atoms with Gasteiger partial charge in [-0.3, -0.25) is 9.59 Å². The Labute approximate surface area is 506 Å². The van der Waals surface area contributed by atoms with E-state index in [9.17, 15) is 35.1 Å². The van der Waals surface area contributed by atoms with Crippen LogP contribution in [0.1, 0.15) is 258 Å². The van der Waals surface area contributed by atoms with Crippen molar-refractivity contribution < 1.29 is 49.3 Å². The van der Waals surface area contributed by atoms with Crippen LogP contribution < -0.4 is 5.32 Å². The lowest BCUT2D eigenvalue weighted by molar-refractivity contribution is -0.305. The molecule has 1 heterocycles. The predicted molar refractivity (Wildman–Crippen MR) is 347 cm³/mol. The van der Waals surface area contributed by atoms with Gasteiger partial charge in [-0.05, 0) is 89.9 Å². The summed E-state index contributed by atoms with van der Waals surface area (Å²) in [5.41, 5.74) is 0. The Balaban J connectivity index is 2.62. The molecule has 11 heteroatoms. The molecule has 1 amide bonds. The van der Waals surface area contributed by atoms with E-state index in [4.69, 9.17) is 14.2 Å². The molecule has 0 aromatic carbocycles. The van der Waals surface area contributed by atoms with Gasteiger partial charge >= 0.3 is 5.97 Å². The molecule has 0 aliphatic carbocycles. The molecule has 1 fully saturated rings. The van der Waals surface area contributed by atoms with Crippen LogP contribution in [0.4, 0.5) is 0 Å². The molecule has 0 saturated carbocycles. The third-order valence-electron chi connectivity index (χ3n) is 15.0. The molecule has 1 saturated heterocycles. The standard InChI is InChI=1S/C72H121NO10/c1-4-7-10-13-16-19-22-25-27-28-29-30-31-32-33-34-35-36-37-39-41-44-47-50-53-56-59-65(76)71(80)73-63(64(75)58-55-52-49-46-43-40-24-21-18-15-12-9-6-3)62-81-72-70(69(79)68(78)66(61-74)82-72)83-67(77)60-57-54-51-48-45-42-38-26-23-20-17-14-11-8-5-2/h7-8,10-11,14,16-17,19-20,23,25-27,29-30,32-33,38,55,58,63-66,68-70,72,74-76,78-79H,4-6,9,12-13,15,18,21-22,24,28,31,34-37,39-54,56-57,59-62H2,1-3H3,(H,73,80)/b10-7-,11-8+,17-14+,19-16-,23-20+,27-25-,30-29-,33-32-,38-26-,58-55+. The number of amides is 1. The zero-order valence-electron chi connectivity index (χ0n) is 52.5. The van der Waals surface area contributed by atoms with Crippen LogP contribution in [0, 0.1) is 0 Å². The first-order valence-electron chi connectivity index (χ1n) is 33.4. The maximum absolute atomic E-state index is 13.5. The van der Waals surface area contributed by atoms with Crippen molar-refractivity contribution in [3.63, 3.8) is 0 Å². The van der Waals surface area contributed by atoms with Gasteiger partial charge in [0.2, 0.25) is 5.91 Å². The number of aliphatic hydroxyl groups excluding tert-OH is 5. The fourth-order valence-electron chi connectivity index (χ4n) is 9.75. The van der Waals surface area contributed by atoms with Gasteiger partial charge in [0.25, 0.3) is 0 Å². The average molecular weight is 1160 g/mol. The Morgan fingerprint density at radius 1 is 0.494 bits per heavy atom. The van der Waals surface area contributed by atoms with Gasteiger partial charge in [0, 0.05) is 6.42 Å². The van der Waals surface area contributed by atoms with Gasteiger partial charge in [0.05, 0.1) is 25.4 Å². The van der Waals surface area contributed by atoms with Gasteiger partial charge in [-0.2, -0.15) is 0 Å². The van der Waals surface area contributed by atoms with Crippen LogP contribution in [-0.2, 0) is 23.8 Å². The van der Waals surface area contributed by atoms with E-state index >= 15 is 0 Å². The van der Waals surface area contributed by atoms with E-state index in [1.165, 1.54) is 96.3 Å². The van der Waals surface area contributed by atoms with E-state index in [-0.39, 0.29) is 19.4 Å². The first-order valence-corrected chi connectivity index (χ1v) is 33.4. The van der Waals surface area contributed by atoms with Gasteiger partial charge < -0.3 is 45.1 Å². The van der Waals surface area contributed by atoms with E-state index in [1.54, 1.807) is 6.08 Å². The van der Waals surface area contributed by atoms with E-state index in [0.29, 0.717) is 12.8 Å². The first kappa shape index (κ1) is 77.1. The number of hydrogen-bond donors (Lipinski definition) is 6. The summed E-state index contributed by atoms with van der Waals surface area (Å²) in [5.74, 6) is -1.23. The quantitative estimate of drug-likeness (QED) is 0.0149. The Kier molecular flexibility index (Phi) is 54.3. The number of carbonyl (C=O) groups excluding carboxylic acids is 2. The number of unbranched alkanes of at least 4 members (excludes halogenated alkanes) is 26. The zero-order chi connectivity index (χ0) is 60.3. The van der Waals surface area contributed by atoms with Crippen molar-refractivity contribution >= 4 is 11.9 Å². The van der Waals surface area contributed by atoms with Gasteiger partial charge in [-0.1, -0.05) is 284 Å². The molecular weight excluding hydrogens is 1040 g/mol. The van der Waals surface area contributed by atoms with Gasteiger partial charge in [0.15, 0.2) is 12.4 Å². The highest BCUT2D eigenvalue weighted by Gasteiger charge is 2.47. The van der Waals surface area contributed by atoms with Crippen molar-refractivity contribution in [3.05, 3.63) is 122 Å². The average Bonchev–Trinajstić information content (AvgIpc) is 3.55. The molecule has 0 aromatic rings. The van der Waals surface area contributed by atoms with Crippen LogP contribution in [-0.4, -0.2) is 99.6 Å². The van der Waals surface area contributed by atoms with Crippen molar-refractivity contribution in [2.75, 3.05) is 13.2 Å². The largest absolute Gasteiger partial charge is 0.454 e. The van der Waals surface area contributed by atoms with E-state index in [2.05, 4.69) is 99.0 Å². The van der Waals surface area contributed by atoms with Gasteiger partial charge in [0.1, 0.15) is 24.4 Å². The first-order chi connectivity index (χ1) is 40.7. The summed E-state index contributed by atoms with van der Waals surface area (Å²) in [6, 6.07) is -1.04. The van der Waals surface area contributed by atoms with Gasteiger partial charge in [-0.15, -0.1) is 0 Å². The highest BCUT2D eigenvalue weighted by atomic mass is 16.7. The second-order valence-electron chi connectivity index (χ2n) is 22.5. The highest BCUT2D eigenvalue weighted by molar-refractivity contribution is 5.80. The molecular formula is C72H121NO10. The molecule has 0 bridgehead atoms. The number of rotatable bonds is 55.